The van der Waals surface area contributed by atoms with E-state index in [0.29, 0.717) is 23.0 Å². The fourth-order valence-electron chi connectivity index (χ4n) is 2.55. The van der Waals surface area contributed by atoms with Crippen LogP contribution in [-0.4, -0.2) is 44.3 Å². The SMILES string of the molecule is COC(=O)c1ccc(CNC(=O)CSc2nnc3nc(C)cc(C)n23)cc1. The number of methoxy groups -OCH3 is 1. The molecule has 0 bridgehead atoms. The van der Waals surface area contributed by atoms with E-state index in [2.05, 4.69) is 25.2 Å². The van der Waals surface area contributed by atoms with Crippen molar-refractivity contribution in [2.45, 2.75) is 25.5 Å². The highest BCUT2D eigenvalue weighted by Gasteiger charge is 2.12. The molecule has 3 aromatic rings. The van der Waals surface area contributed by atoms with Gasteiger partial charge in [0.25, 0.3) is 5.78 Å². The molecule has 2 aromatic heterocycles. The summed E-state index contributed by atoms with van der Waals surface area (Å²) in [6.45, 7) is 4.23. The Kier molecular flexibility index (Phi) is 5.70. The summed E-state index contributed by atoms with van der Waals surface area (Å²) in [6, 6.07) is 8.84. The largest absolute Gasteiger partial charge is 0.465 e. The number of amides is 1. The van der Waals surface area contributed by atoms with Gasteiger partial charge in [0.2, 0.25) is 5.91 Å². The average molecular weight is 385 g/mol. The zero-order chi connectivity index (χ0) is 19.4. The number of aryl methyl sites for hydroxylation is 2. The second-order valence-electron chi connectivity index (χ2n) is 5.91. The molecule has 0 aliphatic rings. The highest BCUT2D eigenvalue weighted by Crippen LogP contribution is 2.18. The van der Waals surface area contributed by atoms with Gasteiger partial charge in [0.05, 0.1) is 18.4 Å². The number of fused-ring (bicyclic) bond motifs is 1. The molecule has 140 valence electrons. The smallest absolute Gasteiger partial charge is 0.337 e. The molecular weight excluding hydrogens is 366 g/mol. The van der Waals surface area contributed by atoms with Crippen LogP contribution in [0.15, 0.2) is 35.5 Å². The molecule has 0 radical (unpaired) electrons. The van der Waals surface area contributed by atoms with Crippen molar-refractivity contribution >= 4 is 29.4 Å². The van der Waals surface area contributed by atoms with Crippen molar-refractivity contribution in [2.24, 2.45) is 0 Å². The Morgan fingerprint density at radius 2 is 1.93 bits per heavy atom. The van der Waals surface area contributed by atoms with Gasteiger partial charge in [0, 0.05) is 17.9 Å². The lowest BCUT2D eigenvalue weighted by Gasteiger charge is -2.06. The Hall–Kier alpha value is -2.94. The third-order valence-corrected chi connectivity index (χ3v) is 4.79. The van der Waals surface area contributed by atoms with Gasteiger partial charge in [-0.15, -0.1) is 10.2 Å². The van der Waals surface area contributed by atoms with E-state index >= 15 is 0 Å². The topological polar surface area (TPSA) is 98.5 Å². The normalized spacial score (nSPS) is 10.8. The van der Waals surface area contributed by atoms with Crippen molar-refractivity contribution in [3.63, 3.8) is 0 Å². The minimum atomic E-state index is -0.387. The van der Waals surface area contributed by atoms with E-state index in [4.69, 9.17) is 0 Å². The van der Waals surface area contributed by atoms with Gasteiger partial charge in [-0.05, 0) is 37.6 Å². The molecule has 1 aromatic carbocycles. The lowest BCUT2D eigenvalue weighted by molar-refractivity contribution is -0.118. The van der Waals surface area contributed by atoms with Gasteiger partial charge in [-0.2, -0.15) is 0 Å². The summed E-state index contributed by atoms with van der Waals surface area (Å²) >= 11 is 1.31. The van der Waals surface area contributed by atoms with Gasteiger partial charge in [-0.1, -0.05) is 23.9 Å². The molecule has 0 unspecified atom stereocenters. The number of ether oxygens (including phenoxy) is 1. The van der Waals surface area contributed by atoms with Gasteiger partial charge in [0.15, 0.2) is 5.16 Å². The number of hydrogen-bond acceptors (Lipinski definition) is 7. The minimum Gasteiger partial charge on any atom is -0.465 e. The average Bonchev–Trinajstić information content (AvgIpc) is 3.07. The number of nitrogens with zero attached hydrogens (tertiary/aromatic N) is 4. The third-order valence-electron chi connectivity index (χ3n) is 3.86. The lowest BCUT2D eigenvalue weighted by Crippen LogP contribution is -2.24. The predicted molar refractivity (Wildman–Crippen MR) is 101 cm³/mol. The van der Waals surface area contributed by atoms with Crippen LogP contribution >= 0.6 is 11.8 Å². The van der Waals surface area contributed by atoms with E-state index in [-0.39, 0.29) is 17.6 Å². The first kappa shape index (κ1) is 18.8. The fraction of sp³-hybridized carbons (Fsp3) is 0.278. The molecule has 0 spiro atoms. The summed E-state index contributed by atoms with van der Waals surface area (Å²) in [5, 5.41) is 11.6. The number of thioether (sulfide) groups is 1. The van der Waals surface area contributed by atoms with Crippen LogP contribution in [0.25, 0.3) is 5.78 Å². The first-order chi connectivity index (χ1) is 13.0. The number of nitrogens with one attached hydrogen (secondary N) is 1. The number of hydrogen-bond donors (Lipinski definition) is 1. The van der Waals surface area contributed by atoms with Crippen LogP contribution < -0.4 is 5.32 Å². The number of benzene rings is 1. The Bertz CT molecular complexity index is 985. The van der Waals surface area contributed by atoms with Gasteiger partial charge < -0.3 is 10.1 Å². The van der Waals surface area contributed by atoms with Crippen molar-refractivity contribution in [3.8, 4) is 0 Å². The highest BCUT2D eigenvalue weighted by atomic mass is 32.2. The first-order valence-electron chi connectivity index (χ1n) is 8.24. The molecule has 1 amide bonds. The molecular formula is C18H19N5O3S. The molecule has 0 saturated heterocycles. The third kappa shape index (κ3) is 4.43. The number of aromatic nitrogens is 4. The van der Waals surface area contributed by atoms with E-state index in [1.807, 2.05) is 24.3 Å². The van der Waals surface area contributed by atoms with E-state index in [1.165, 1.54) is 18.9 Å². The maximum atomic E-state index is 12.1. The van der Waals surface area contributed by atoms with Gasteiger partial charge in [-0.25, -0.2) is 9.78 Å². The summed E-state index contributed by atoms with van der Waals surface area (Å²) in [5.74, 6) is 0.240. The molecule has 2 heterocycles. The van der Waals surface area contributed by atoms with E-state index in [1.54, 1.807) is 24.3 Å². The monoisotopic (exact) mass is 385 g/mol. The summed E-state index contributed by atoms with van der Waals surface area (Å²) in [6.07, 6.45) is 0. The second kappa shape index (κ2) is 8.17. The molecule has 0 aliphatic carbocycles. The Balaban J connectivity index is 1.55. The molecule has 27 heavy (non-hydrogen) atoms. The van der Waals surface area contributed by atoms with Crippen LogP contribution in [0.4, 0.5) is 0 Å². The molecule has 9 heteroatoms. The van der Waals surface area contributed by atoms with E-state index < -0.39 is 0 Å². The maximum Gasteiger partial charge on any atom is 0.337 e. The zero-order valence-corrected chi connectivity index (χ0v) is 16.0. The summed E-state index contributed by atoms with van der Waals surface area (Å²) < 4.78 is 6.49. The maximum absolute atomic E-state index is 12.1. The Morgan fingerprint density at radius 3 is 2.63 bits per heavy atom. The van der Waals surface area contributed by atoms with E-state index in [9.17, 15) is 9.59 Å². The van der Waals surface area contributed by atoms with Crippen molar-refractivity contribution in [1.29, 1.82) is 0 Å². The lowest BCUT2D eigenvalue weighted by atomic mass is 10.1. The van der Waals surface area contributed by atoms with Gasteiger partial charge in [0.1, 0.15) is 0 Å². The number of esters is 1. The minimum absolute atomic E-state index is 0.119. The Morgan fingerprint density at radius 1 is 1.19 bits per heavy atom. The summed E-state index contributed by atoms with van der Waals surface area (Å²) in [5.41, 5.74) is 3.21. The van der Waals surface area contributed by atoms with Crippen LogP contribution in [0.2, 0.25) is 0 Å². The van der Waals surface area contributed by atoms with Gasteiger partial charge in [-0.3, -0.25) is 9.20 Å². The number of rotatable bonds is 6. The van der Waals surface area contributed by atoms with Crippen LogP contribution in [0, 0.1) is 13.8 Å². The van der Waals surface area contributed by atoms with Crippen molar-refractivity contribution < 1.29 is 14.3 Å². The molecule has 8 nitrogen and oxygen atoms in total. The van der Waals surface area contributed by atoms with Crippen LogP contribution in [0.3, 0.4) is 0 Å². The second-order valence-corrected chi connectivity index (χ2v) is 6.85. The molecule has 3 rings (SSSR count). The standard InChI is InChI=1S/C18H19N5O3S/c1-11-8-12(2)23-17(20-11)21-22-18(23)27-10-15(24)19-9-13-4-6-14(7-5-13)16(25)26-3/h4-8H,9-10H2,1-3H3,(H,19,24). The van der Waals surface area contributed by atoms with Crippen LogP contribution in [0.5, 0.6) is 0 Å². The molecule has 0 aliphatic heterocycles. The molecule has 0 saturated carbocycles. The van der Waals surface area contributed by atoms with Crippen LogP contribution in [-0.2, 0) is 16.1 Å². The first-order valence-corrected chi connectivity index (χ1v) is 9.22. The molecule has 0 atom stereocenters. The molecule has 0 fully saturated rings. The summed E-state index contributed by atoms with van der Waals surface area (Å²) in [4.78, 5) is 27.9. The Labute approximate surface area is 160 Å². The van der Waals surface area contributed by atoms with Crippen molar-refractivity contribution in [3.05, 3.63) is 52.8 Å². The summed E-state index contributed by atoms with van der Waals surface area (Å²) in [7, 11) is 1.34. The van der Waals surface area contributed by atoms with Gasteiger partial charge >= 0.3 is 5.97 Å². The predicted octanol–water partition coefficient (Wildman–Crippen LogP) is 1.94. The quantitative estimate of drug-likeness (QED) is 0.511. The zero-order valence-electron chi connectivity index (χ0n) is 15.2. The molecule has 1 N–H and O–H groups in total. The van der Waals surface area contributed by atoms with Crippen molar-refractivity contribution in [1.82, 2.24) is 24.9 Å². The fourth-order valence-corrected chi connectivity index (χ4v) is 3.37. The number of carbonyl (C=O) groups excluding carboxylic acids is 2. The van der Waals surface area contributed by atoms with Crippen molar-refractivity contribution in [2.75, 3.05) is 12.9 Å². The van der Waals surface area contributed by atoms with E-state index in [0.717, 1.165) is 17.0 Å². The van der Waals surface area contributed by atoms with Crippen LogP contribution in [0.1, 0.15) is 27.3 Å². The number of carbonyl (C=O) groups is 2. The highest BCUT2D eigenvalue weighted by molar-refractivity contribution is 7.99.